The van der Waals surface area contributed by atoms with Gasteiger partial charge in [-0.15, -0.1) is 0 Å². The van der Waals surface area contributed by atoms with Gasteiger partial charge in [-0.25, -0.2) is 0 Å². The van der Waals surface area contributed by atoms with Gasteiger partial charge in [0, 0.05) is 31.9 Å². The Morgan fingerprint density at radius 2 is 2.00 bits per heavy atom. The fourth-order valence-corrected chi connectivity index (χ4v) is 3.21. The molecule has 118 valence electrons. The molecule has 1 aliphatic rings. The zero-order valence-electron chi connectivity index (χ0n) is 13.5. The molecule has 22 heavy (non-hydrogen) atoms. The minimum absolute atomic E-state index is 0.101. The minimum atomic E-state index is 0.101. The SMILES string of the molecule is CCN1CCN(C(=O)c2c(C)[nH]c3cccc(OC)c23)CC1. The van der Waals surface area contributed by atoms with Crippen LogP contribution in [0.3, 0.4) is 0 Å². The predicted molar refractivity (Wildman–Crippen MR) is 87.6 cm³/mol. The quantitative estimate of drug-likeness (QED) is 0.946. The van der Waals surface area contributed by atoms with Gasteiger partial charge in [0.25, 0.3) is 5.91 Å². The molecule has 2 heterocycles. The Hall–Kier alpha value is -2.01. The summed E-state index contributed by atoms with van der Waals surface area (Å²) in [6.45, 7) is 8.62. The molecule has 1 amide bonds. The topological polar surface area (TPSA) is 48.6 Å². The van der Waals surface area contributed by atoms with Gasteiger partial charge in [0.15, 0.2) is 0 Å². The summed E-state index contributed by atoms with van der Waals surface area (Å²) in [5.41, 5.74) is 2.60. The molecule has 1 saturated heterocycles. The second-order valence-corrected chi connectivity index (χ2v) is 5.73. The number of nitrogens with zero attached hydrogens (tertiary/aromatic N) is 2. The number of aromatic nitrogens is 1. The van der Waals surface area contributed by atoms with Gasteiger partial charge in [-0.1, -0.05) is 13.0 Å². The van der Waals surface area contributed by atoms with Crippen molar-refractivity contribution >= 4 is 16.8 Å². The van der Waals surface area contributed by atoms with Crippen LogP contribution in [0.1, 0.15) is 23.0 Å². The number of fused-ring (bicyclic) bond motifs is 1. The van der Waals surface area contributed by atoms with Gasteiger partial charge in [-0.05, 0) is 25.6 Å². The summed E-state index contributed by atoms with van der Waals surface area (Å²) in [4.78, 5) is 20.6. The van der Waals surface area contributed by atoms with E-state index in [4.69, 9.17) is 4.74 Å². The van der Waals surface area contributed by atoms with Crippen molar-refractivity contribution in [2.45, 2.75) is 13.8 Å². The Balaban J connectivity index is 1.96. The van der Waals surface area contributed by atoms with Crippen LogP contribution in [0.4, 0.5) is 0 Å². The van der Waals surface area contributed by atoms with E-state index < -0.39 is 0 Å². The summed E-state index contributed by atoms with van der Waals surface area (Å²) in [5.74, 6) is 0.849. The second kappa shape index (κ2) is 6.01. The highest BCUT2D eigenvalue weighted by Gasteiger charge is 2.26. The Morgan fingerprint density at radius 1 is 1.27 bits per heavy atom. The first-order chi connectivity index (χ1) is 10.7. The van der Waals surface area contributed by atoms with Crippen LogP contribution < -0.4 is 4.74 Å². The number of carbonyl (C=O) groups excluding carboxylic acids is 1. The zero-order chi connectivity index (χ0) is 15.7. The van der Waals surface area contributed by atoms with Crippen LogP contribution in [0.15, 0.2) is 18.2 Å². The molecule has 0 unspecified atom stereocenters. The second-order valence-electron chi connectivity index (χ2n) is 5.73. The van der Waals surface area contributed by atoms with Crippen molar-refractivity contribution in [2.75, 3.05) is 39.8 Å². The first-order valence-corrected chi connectivity index (χ1v) is 7.82. The molecule has 0 bridgehead atoms. The van der Waals surface area contributed by atoms with Crippen molar-refractivity contribution in [3.8, 4) is 5.75 Å². The number of methoxy groups -OCH3 is 1. The van der Waals surface area contributed by atoms with Crippen LogP contribution in [0.2, 0.25) is 0 Å². The van der Waals surface area contributed by atoms with Crippen LogP contribution in [0.5, 0.6) is 5.75 Å². The first-order valence-electron chi connectivity index (χ1n) is 7.82. The van der Waals surface area contributed by atoms with E-state index in [1.807, 2.05) is 30.0 Å². The normalized spacial score (nSPS) is 16.2. The van der Waals surface area contributed by atoms with E-state index in [2.05, 4.69) is 16.8 Å². The lowest BCUT2D eigenvalue weighted by atomic mass is 10.1. The largest absolute Gasteiger partial charge is 0.496 e. The number of rotatable bonds is 3. The Kier molecular flexibility index (Phi) is 4.07. The third-order valence-corrected chi connectivity index (χ3v) is 4.51. The molecule has 1 N–H and O–H groups in total. The van der Waals surface area contributed by atoms with Crippen LogP contribution >= 0.6 is 0 Å². The number of hydrogen-bond donors (Lipinski definition) is 1. The van der Waals surface area contributed by atoms with Crippen LogP contribution in [0, 0.1) is 6.92 Å². The average Bonchev–Trinajstić information content (AvgIpc) is 2.90. The summed E-state index contributed by atoms with van der Waals surface area (Å²) in [5, 5.41) is 0.894. The monoisotopic (exact) mass is 301 g/mol. The number of ether oxygens (including phenoxy) is 1. The molecule has 0 aliphatic carbocycles. The van der Waals surface area contributed by atoms with Gasteiger partial charge in [0.2, 0.25) is 0 Å². The molecule has 5 nitrogen and oxygen atoms in total. The molecule has 1 fully saturated rings. The molecule has 1 aromatic carbocycles. The standard InChI is InChI=1S/C17H23N3O2/c1-4-19-8-10-20(11-9-19)17(21)15-12(2)18-13-6-5-7-14(22-3)16(13)15/h5-7,18H,4,8-11H2,1-3H3. The van der Waals surface area contributed by atoms with Gasteiger partial charge in [0.1, 0.15) is 5.75 Å². The highest BCUT2D eigenvalue weighted by molar-refractivity contribution is 6.10. The zero-order valence-corrected chi connectivity index (χ0v) is 13.5. The van der Waals surface area contributed by atoms with Gasteiger partial charge in [-0.3, -0.25) is 4.79 Å². The van der Waals surface area contributed by atoms with E-state index in [0.717, 1.165) is 60.6 Å². The highest BCUT2D eigenvalue weighted by Crippen LogP contribution is 2.31. The van der Waals surface area contributed by atoms with E-state index in [1.165, 1.54) is 0 Å². The van der Waals surface area contributed by atoms with Crippen molar-refractivity contribution in [1.82, 2.24) is 14.8 Å². The number of nitrogens with one attached hydrogen (secondary N) is 1. The van der Waals surface area contributed by atoms with Crippen LogP contribution in [-0.2, 0) is 0 Å². The van der Waals surface area contributed by atoms with Gasteiger partial charge in [0.05, 0.1) is 23.6 Å². The molecule has 3 rings (SSSR count). The van der Waals surface area contributed by atoms with Crippen molar-refractivity contribution in [2.24, 2.45) is 0 Å². The number of amides is 1. The van der Waals surface area contributed by atoms with E-state index >= 15 is 0 Å². The van der Waals surface area contributed by atoms with Crippen LogP contribution in [0.25, 0.3) is 10.9 Å². The lowest BCUT2D eigenvalue weighted by Gasteiger charge is -2.34. The molecular formula is C17H23N3O2. The average molecular weight is 301 g/mol. The van der Waals surface area contributed by atoms with E-state index in [-0.39, 0.29) is 5.91 Å². The lowest BCUT2D eigenvalue weighted by Crippen LogP contribution is -2.48. The van der Waals surface area contributed by atoms with Gasteiger partial charge < -0.3 is 19.5 Å². The third-order valence-electron chi connectivity index (χ3n) is 4.51. The number of aromatic amines is 1. The maximum absolute atomic E-state index is 13.0. The lowest BCUT2D eigenvalue weighted by molar-refractivity contribution is 0.0644. The van der Waals surface area contributed by atoms with Crippen molar-refractivity contribution in [1.29, 1.82) is 0 Å². The summed E-state index contributed by atoms with van der Waals surface area (Å²) < 4.78 is 5.45. The molecule has 0 saturated carbocycles. The number of benzene rings is 1. The molecular weight excluding hydrogens is 278 g/mol. The van der Waals surface area contributed by atoms with E-state index in [9.17, 15) is 4.79 Å². The summed E-state index contributed by atoms with van der Waals surface area (Å²) in [6.07, 6.45) is 0. The molecule has 2 aromatic rings. The van der Waals surface area contributed by atoms with Gasteiger partial charge >= 0.3 is 0 Å². The third kappa shape index (κ3) is 2.46. The van der Waals surface area contributed by atoms with Crippen LogP contribution in [-0.4, -0.2) is 60.5 Å². The molecule has 0 atom stereocenters. The number of hydrogen-bond acceptors (Lipinski definition) is 3. The molecule has 0 spiro atoms. The van der Waals surface area contributed by atoms with Crippen molar-refractivity contribution < 1.29 is 9.53 Å². The smallest absolute Gasteiger partial charge is 0.256 e. The molecule has 0 radical (unpaired) electrons. The molecule has 1 aliphatic heterocycles. The van der Waals surface area contributed by atoms with Gasteiger partial charge in [-0.2, -0.15) is 0 Å². The Morgan fingerprint density at radius 3 is 2.64 bits per heavy atom. The first kappa shape index (κ1) is 14.9. The predicted octanol–water partition coefficient (Wildman–Crippen LogP) is 2.26. The number of aryl methyl sites for hydroxylation is 1. The maximum atomic E-state index is 13.0. The summed E-state index contributed by atoms with van der Waals surface area (Å²) in [6, 6.07) is 5.82. The fraction of sp³-hybridized carbons (Fsp3) is 0.471. The highest BCUT2D eigenvalue weighted by atomic mass is 16.5. The fourth-order valence-electron chi connectivity index (χ4n) is 3.21. The minimum Gasteiger partial charge on any atom is -0.496 e. The molecule has 1 aromatic heterocycles. The summed E-state index contributed by atoms with van der Waals surface area (Å²) >= 11 is 0. The number of piperazine rings is 1. The maximum Gasteiger partial charge on any atom is 0.256 e. The molecule has 5 heteroatoms. The number of H-pyrrole nitrogens is 1. The number of likely N-dealkylation sites (N-methyl/N-ethyl adjacent to an activating group) is 1. The Bertz CT molecular complexity index is 685. The summed E-state index contributed by atoms with van der Waals surface area (Å²) in [7, 11) is 1.64. The number of carbonyl (C=O) groups is 1. The van der Waals surface area contributed by atoms with Crippen molar-refractivity contribution in [3.63, 3.8) is 0 Å². The van der Waals surface area contributed by atoms with E-state index in [0.29, 0.717) is 0 Å². The Labute approximate surface area is 130 Å². The van der Waals surface area contributed by atoms with Crippen molar-refractivity contribution in [3.05, 3.63) is 29.5 Å². The van der Waals surface area contributed by atoms with E-state index in [1.54, 1.807) is 7.11 Å².